The van der Waals surface area contributed by atoms with Crippen molar-refractivity contribution in [2.24, 2.45) is 11.7 Å². The Morgan fingerprint density at radius 3 is 3.12 bits per heavy atom. The third-order valence-corrected chi connectivity index (χ3v) is 3.58. The van der Waals surface area contributed by atoms with Crippen molar-refractivity contribution in [2.45, 2.75) is 25.3 Å². The summed E-state index contributed by atoms with van der Waals surface area (Å²) in [4.78, 5) is 4.35. The Kier molecular flexibility index (Phi) is 2.49. The van der Waals surface area contributed by atoms with Crippen molar-refractivity contribution in [1.29, 1.82) is 0 Å². The van der Waals surface area contributed by atoms with E-state index < -0.39 is 0 Å². The van der Waals surface area contributed by atoms with Gasteiger partial charge in [-0.15, -0.1) is 0 Å². The predicted molar refractivity (Wildman–Crippen MR) is 61.1 cm³/mol. The van der Waals surface area contributed by atoms with Crippen LogP contribution in [-0.2, 0) is 6.42 Å². The summed E-state index contributed by atoms with van der Waals surface area (Å²) in [6, 6.07) is 2.02. The summed E-state index contributed by atoms with van der Waals surface area (Å²) in [5.74, 6) is 1.88. The van der Waals surface area contributed by atoms with Gasteiger partial charge in [0.05, 0.1) is 12.5 Å². The molecule has 0 amide bonds. The molecule has 2 aromatic heterocycles. The highest BCUT2D eigenvalue weighted by Crippen LogP contribution is 2.38. The van der Waals surface area contributed by atoms with E-state index in [2.05, 4.69) is 21.6 Å². The van der Waals surface area contributed by atoms with E-state index in [0.29, 0.717) is 24.1 Å². The Labute approximate surface area is 97.5 Å². The van der Waals surface area contributed by atoms with E-state index in [0.717, 1.165) is 0 Å². The molecule has 16 heavy (non-hydrogen) atoms. The van der Waals surface area contributed by atoms with Crippen molar-refractivity contribution in [2.75, 3.05) is 0 Å². The van der Waals surface area contributed by atoms with Crippen molar-refractivity contribution in [3.8, 4) is 0 Å². The lowest BCUT2D eigenvalue weighted by molar-refractivity contribution is 0.373. The molecule has 2 heterocycles. The fourth-order valence-corrected chi connectivity index (χ4v) is 2.38. The van der Waals surface area contributed by atoms with Gasteiger partial charge in [0, 0.05) is 0 Å². The van der Waals surface area contributed by atoms with E-state index in [4.69, 9.17) is 10.3 Å². The van der Waals surface area contributed by atoms with Gasteiger partial charge in [0.2, 0.25) is 5.89 Å². The minimum Gasteiger partial charge on any atom is -0.339 e. The van der Waals surface area contributed by atoms with Gasteiger partial charge in [-0.3, -0.25) is 0 Å². The Balaban J connectivity index is 1.72. The lowest BCUT2D eigenvalue weighted by Crippen LogP contribution is -2.14. The van der Waals surface area contributed by atoms with Crippen LogP contribution in [0.3, 0.4) is 0 Å². The van der Waals surface area contributed by atoms with Crippen LogP contribution in [0.15, 0.2) is 21.3 Å². The maximum absolute atomic E-state index is 6.00. The van der Waals surface area contributed by atoms with Gasteiger partial charge in [0.15, 0.2) is 5.82 Å². The number of hydrogen-bond donors (Lipinski definition) is 1. The molecule has 0 radical (unpaired) electrons. The SMILES string of the molecule is NC(c1noc(Cc2ccsc2)n1)C1CC1. The fraction of sp³-hybridized carbons (Fsp3) is 0.455. The maximum atomic E-state index is 6.00. The van der Waals surface area contributed by atoms with E-state index in [1.807, 2.05) is 5.38 Å². The predicted octanol–water partition coefficient (Wildman–Crippen LogP) is 2.13. The van der Waals surface area contributed by atoms with Crippen LogP contribution < -0.4 is 5.73 Å². The summed E-state index contributed by atoms with van der Waals surface area (Å²) >= 11 is 1.67. The molecule has 0 aliphatic heterocycles. The summed E-state index contributed by atoms with van der Waals surface area (Å²) < 4.78 is 5.20. The number of rotatable bonds is 4. The van der Waals surface area contributed by atoms with Crippen molar-refractivity contribution in [3.05, 3.63) is 34.1 Å². The molecule has 84 valence electrons. The van der Waals surface area contributed by atoms with E-state index >= 15 is 0 Å². The van der Waals surface area contributed by atoms with Gasteiger partial charge in [0.1, 0.15) is 0 Å². The number of nitrogens with zero attached hydrogens (tertiary/aromatic N) is 2. The van der Waals surface area contributed by atoms with Gasteiger partial charge in [-0.25, -0.2) is 0 Å². The number of thiophene rings is 1. The first-order chi connectivity index (χ1) is 7.83. The molecule has 1 fully saturated rings. The maximum Gasteiger partial charge on any atom is 0.231 e. The lowest BCUT2D eigenvalue weighted by Gasteiger charge is -2.01. The van der Waals surface area contributed by atoms with Crippen LogP contribution in [0.25, 0.3) is 0 Å². The van der Waals surface area contributed by atoms with Gasteiger partial charge in [-0.05, 0) is 41.1 Å². The third kappa shape index (κ3) is 2.01. The van der Waals surface area contributed by atoms with Gasteiger partial charge < -0.3 is 10.3 Å². The molecular weight excluding hydrogens is 222 g/mol. The van der Waals surface area contributed by atoms with Gasteiger partial charge in [-0.2, -0.15) is 16.3 Å². The van der Waals surface area contributed by atoms with Crippen LogP contribution in [0, 0.1) is 5.92 Å². The lowest BCUT2D eigenvalue weighted by atomic mass is 10.2. The topological polar surface area (TPSA) is 64.9 Å². The molecule has 1 atom stereocenters. The molecule has 0 bridgehead atoms. The number of aromatic nitrogens is 2. The molecular formula is C11H13N3OS. The smallest absolute Gasteiger partial charge is 0.231 e. The molecule has 4 nitrogen and oxygen atoms in total. The molecule has 1 aliphatic carbocycles. The summed E-state index contributed by atoms with van der Waals surface area (Å²) in [6.07, 6.45) is 3.08. The van der Waals surface area contributed by atoms with Crippen molar-refractivity contribution < 1.29 is 4.52 Å². The van der Waals surface area contributed by atoms with Crippen molar-refractivity contribution in [1.82, 2.24) is 10.1 Å². The quantitative estimate of drug-likeness (QED) is 0.881. The second kappa shape index (κ2) is 3.99. The zero-order valence-electron chi connectivity index (χ0n) is 8.80. The molecule has 2 aromatic rings. The Morgan fingerprint density at radius 2 is 2.44 bits per heavy atom. The molecule has 1 saturated carbocycles. The Morgan fingerprint density at radius 1 is 1.56 bits per heavy atom. The molecule has 1 unspecified atom stereocenters. The normalized spacial score (nSPS) is 17.6. The summed E-state index contributed by atoms with van der Waals surface area (Å²) in [5, 5.41) is 8.08. The minimum atomic E-state index is -0.0417. The molecule has 0 spiro atoms. The zero-order valence-corrected chi connectivity index (χ0v) is 9.61. The first-order valence-corrected chi connectivity index (χ1v) is 6.36. The highest BCUT2D eigenvalue weighted by atomic mass is 32.1. The van der Waals surface area contributed by atoms with Gasteiger partial charge in [0.25, 0.3) is 0 Å². The monoisotopic (exact) mass is 235 g/mol. The van der Waals surface area contributed by atoms with Crippen molar-refractivity contribution in [3.63, 3.8) is 0 Å². The summed E-state index contributed by atoms with van der Waals surface area (Å²) in [5.41, 5.74) is 7.21. The average Bonchev–Trinajstić information content (AvgIpc) is 2.82. The standard InChI is InChI=1S/C11H13N3OS/c12-10(8-1-2-8)11-13-9(15-14-11)5-7-3-4-16-6-7/h3-4,6,8,10H,1-2,5,12H2. The largest absolute Gasteiger partial charge is 0.339 e. The zero-order chi connectivity index (χ0) is 11.0. The first kappa shape index (κ1) is 9.99. The average molecular weight is 235 g/mol. The van der Waals surface area contributed by atoms with E-state index in [1.165, 1.54) is 18.4 Å². The molecule has 0 saturated heterocycles. The van der Waals surface area contributed by atoms with Crippen molar-refractivity contribution >= 4 is 11.3 Å². The molecule has 3 rings (SSSR count). The minimum absolute atomic E-state index is 0.0417. The van der Waals surface area contributed by atoms with Gasteiger partial charge in [-0.1, -0.05) is 5.16 Å². The third-order valence-electron chi connectivity index (χ3n) is 2.85. The Bertz CT molecular complexity index is 461. The van der Waals surface area contributed by atoms with E-state index in [-0.39, 0.29) is 6.04 Å². The summed E-state index contributed by atoms with van der Waals surface area (Å²) in [7, 11) is 0. The van der Waals surface area contributed by atoms with Crippen LogP contribution in [0.4, 0.5) is 0 Å². The molecule has 2 N–H and O–H groups in total. The van der Waals surface area contributed by atoms with Crippen LogP contribution in [0.1, 0.15) is 36.2 Å². The second-order valence-electron chi connectivity index (χ2n) is 4.22. The van der Waals surface area contributed by atoms with Crippen LogP contribution >= 0.6 is 11.3 Å². The highest BCUT2D eigenvalue weighted by molar-refractivity contribution is 7.07. The number of hydrogen-bond acceptors (Lipinski definition) is 5. The second-order valence-corrected chi connectivity index (χ2v) is 5.00. The molecule has 0 aromatic carbocycles. The van der Waals surface area contributed by atoms with E-state index in [9.17, 15) is 0 Å². The number of nitrogens with two attached hydrogens (primary N) is 1. The van der Waals surface area contributed by atoms with Crippen LogP contribution in [0.2, 0.25) is 0 Å². The highest BCUT2D eigenvalue weighted by Gasteiger charge is 2.32. The van der Waals surface area contributed by atoms with Gasteiger partial charge >= 0.3 is 0 Å². The molecule has 1 aliphatic rings. The van der Waals surface area contributed by atoms with E-state index in [1.54, 1.807) is 11.3 Å². The van der Waals surface area contributed by atoms with Crippen LogP contribution in [-0.4, -0.2) is 10.1 Å². The van der Waals surface area contributed by atoms with Crippen LogP contribution in [0.5, 0.6) is 0 Å². The Hall–Kier alpha value is -1.20. The summed E-state index contributed by atoms with van der Waals surface area (Å²) in [6.45, 7) is 0. The fourth-order valence-electron chi connectivity index (χ4n) is 1.71. The molecule has 5 heteroatoms. The first-order valence-electron chi connectivity index (χ1n) is 5.42.